The largest absolute Gasteiger partial charge is 0.493 e. The van der Waals surface area contributed by atoms with Crippen molar-refractivity contribution in [2.75, 3.05) is 13.2 Å². The van der Waals surface area contributed by atoms with E-state index in [0.29, 0.717) is 13.2 Å². The Morgan fingerprint density at radius 3 is 2.24 bits per heavy atom. The Labute approximate surface area is 138 Å². The summed E-state index contributed by atoms with van der Waals surface area (Å²) in [7, 11) is 0. The molecule has 1 aromatic carbocycles. The number of hydrogen-bond donors (Lipinski definition) is 0. The summed E-state index contributed by atoms with van der Waals surface area (Å²) in [4.78, 5) is 0. The number of rotatable bonds is 9. The highest BCUT2D eigenvalue weighted by molar-refractivity contribution is 6.55. The fourth-order valence-corrected chi connectivity index (χ4v) is 2.12. The molecule has 0 aromatic heterocycles. The van der Waals surface area contributed by atoms with Crippen molar-refractivity contribution in [2.24, 2.45) is 0 Å². The Morgan fingerprint density at radius 1 is 1.14 bits per heavy atom. The SMILES string of the molecule is [CH2]CCCOc1c(CC)cc(OCC=C(Cl)Cl)cc1CC. The van der Waals surface area contributed by atoms with Crippen LogP contribution in [0.3, 0.4) is 0 Å². The molecule has 117 valence electrons. The Kier molecular flexibility index (Phi) is 8.63. The number of benzene rings is 1. The second kappa shape index (κ2) is 9.97. The highest BCUT2D eigenvalue weighted by Gasteiger charge is 2.11. The Balaban J connectivity index is 2.91. The van der Waals surface area contributed by atoms with Gasteiger partial charge in [-0.15, -0.1) is 0 Å². The lowest BCUT2D eigenvalue weighted by atomic mass is 10.0. The van der Waals surface area contributed by atoms with Crippen molar-refractivity contribution in [3.8, 4) is 11.5 Å². The smallest absolute Gasteiger partial charge is 0.125 e. The molecule has 0 spiro atoms. The van der Waals surface area contributed by atoms with E-state index in [-0.39, 0.29) is 4.49 Å². The van der Waals surface area contributed by atoms with Crippen molar-refractivity contribution in [2.45, 2.75) is 39.5 Å². The number of halogens is 2. The minimum atomic E-state index is 0.217. The Hall–Kier alpha value is -0.860. The molecule has 0 unspecified atom stereocenters. The minimum absolute atomic E-state index is 0.217. The molecule has 0 N–H and O–H groups in total. The van der Waals surface area contributed by atoms with Crippen molar-refractivity contribution in [3.63, 3.8) is 0 Å². The van der Waals surface area contributed by atoms with Gasteiger partial charge in [0.05, 0.1) is 6.61 Å². The molecule has 21 heavy (non-hydrogen) atoms. The van der Waals surface area contributed by atoms with Crippen LogP contribution in [0.15, 0.2) is 22.7 Å². The van der Waals surface area contributed by atoms with Gasteiger partial charge in [-0.3, -0.25) is 0 Å². The maximum absolute atomic E-state index is 5.94. The molecule has 0 heterocycles. The van der Waals surface area contributed by atoms with Crippen molar-refractivity contribution in [1.29, 1.82) is 0 Å². The molecule has 0 aliphatic heterocycles. The fraction of sp³-hybridized carbons (Fsp3) is 0.471. The highest BCUT2D eigenvalue weighted by atomic mass is 35.5. The van der Waals surface area contributed by atoms with Crippen LogP contribution in [0.2, 0.25) is 0 Å². The normalized spacial score (nSPS) is 10.3. The predicted octanol–water partition coefficient (Wildman–Crippen LogP) is 5.50. The van der Waals surface area contributed by atoms with E-state index in [1.807, 2.05) is 12.1 Å². The summed E-state index contributed by atoms with van der Waals surface area (Å²) in [5.74, 6) is 1.81. The first-order valence-corrected chi connectivity index (χ1v) is 8.09. The third-order valence-electron chi connectivity index (χ3n) is 3.11. The molecule has 0 saturated heterocycles. The van der Waals surface area contributed by atoms with E-state index < -0.39 is 0 Å². The van der Waals surface area contributed by atoms with E-state index in [9.17, 15) is 0 Å². The number of ether oxygens (including phenoxy) is 2. The minimum Gasteiger partial charge on any atom is -0.493 e. The monoisotopic (exact) mass is 329 g/mol. The van der Waals surface area contributed by atoms with E-state index in [0.717, 1.165) is 48.3 Å². The lowest BCUT2D eigenvalue weighted by Crippen LogP contribution is -2.04. The van der Waals surface area contributed by atoms with Crippen LogP contribution in [0.4, 0.5) is 0 Å². The molecule has 0 fully saturated rings. The molecule has 4 heteroatoms. The molecule has 0 amide bonds. The molecule has 2 nitrogen and oxygen atoms in total. The van der Waals surface area contributed by atoms with Crippen molar-refractivity contribution >= 4 is 23.2 Å². The zero-order valence-corrected chi connectivity index (χ0v) is 14.3. The Morgan fingerprint density at radius 2 is 1.76 bits per heavy atom. The average Bonchev–Trinajstić information content (AvgIpc) is 2.47. The van der Waals surface area contributed by atoms with Gasteiger partial charge < -0.3 is 9.47 Å². The lowest BCUT2D eigenvalue weighted by Gasteiger charge is -2.16. The maximum atomic E-state index is 5.94. The van der Waals surface area contributed by atoms with Crippen LogP contribution in [0.1, 0.15) is 37.8 Å². The van der Waals surface area contributed by atoms with Crippen LogP contribution in [0, 0.1) is 6.92 Å². The molecule has 1 radical (unpaired) electrons. The molecule has 0 aliphatic rings. The van der Waals surface area contributed by atoms with Gasteiger partial charge in [-0.25, -0.2) is 0 Å². The van der Waals surface area contributed by atoms with Crippen LogP contribution in [0.25, 0.3) is 0 Å². The zero-order chi connectivity index (χ0) is 15.7. The number of aryl methyl sites for hydroxylation is 2. The quantitative estimate of drug-likeness (QED) is 0.556. The van der Waals surface area contributed by atoms with Gasteiger partial charge in [-0.1, -0.05) is 50.4 Å². The average molecular weight is 330 g/mol. The second-order valence-electron chi connectivity index (χ2n) is 4.64. The summed E-state index contributed by atoms with van der Waals surface area (Å²) in [5.41, 5.74) is 2.32. The third kappa shape index (κ3) is 6.19. The summed E-state index contributed by atoms with van der Waals surface area (Å²) in [6, 6.07) is 4.04. The topological polar surface area (TPSA) is 18.5 Å². The molecule has 0 saturated carbocycles. The van der Waals surface area contributed by atoms with Gasteiger partial charge >= 0.3 is 0 Å². The lowest BCUT2D eigenvalue weighted by molar-refractivity contribution is 0.304. The summed E-state index contributed by atoms with van der Waals surface area (Å²) < 4.78 is 11.8. The summed E-state index contributed by atoms with van der Waals surface area (Å²) in [5, 5.41) is 0. The first kappa shape index (κ1) is 18.2. The standard InChI is InChI=1S/C17H23Cl2O2/c1-4-7-9-21-17-13(5-2)11-15(12-14(17)6-3)20-10-8-16(18)19/h8,11-12H,1,4-7,9-10H2,2-3H3. The van der Waals surface area contributed by atoms with Crippen LogP contribution in [-0.2, 0) is 12.8 Å². The maximum Gasteiger partial charge on any atom is 0.125 e. The van der Waals surface area contributed by atoms with Gasteiger partial charge in [0, 0.05) is 0 Å². The fourth-order valence-electron chi connectivity index (χ4n) is 1.99. The van der Waals surface area contributed by atoms with E-state index in [4.69, 9.17) is 32.7 Å². The van der Waals surface area contributed by atoms with Crippen LogP contribution in [-0.4, -0.2) is 13.2 Å². The van der Waals surface area contributed by atoms with Crippen LogP contribution >= 0.6 is 23.2 Å². The first-order chi connectivity index (χ1) is 10.1. The molecule has 1 rings (SSSR count). The highest BCUT2D eigenvalue weighted by Crippen LogP contribution is 2.31. The van der Waals surface area contributed by atoms with E-state index in [1.54, 1.807) is 6.08 Å². The third-order valence-corrected chi connectivity index (χ3v) is 3.42. The van der Waals surface area contributed by atoms with Gasteiger partial charge in [-0.2, -0.15) is 0 Å². The van der Waals surface area contributed by atoms with Gasteiger partial charge in [0.15, 0.2) is 0 Å². The van der Waals surface area contributed by atoms with E-state index in [2.05, 4.69) is 20.8 Å². The molecule has 1 aromatic rings. The first-order valence-electron chi connectivity index (χ1n) is 7.34. The summed E-state index contributed by atoms with van der Waals surface area (Å²) in [6.45, 7) is 9.12. The second-order valence-corrected chi connectivity index (χ2v) is 5.65. The molecule has 0 atom stereocenters. The number of hydrogen-bond acceptors (Lipinski definition) is 2. The number of unbranched alkanes of at least 4 members (excludes halogenated alkanes) is 1. The van der Waals surface area contributed by atoms with Crippen molar-refractivity contribution in [1.82, 2.24) is 0 Å². The van der Waals surface area contributed by atoms with E-state index >= 15 is 0 Å². The molecule has 0 bridgehead atoms. The van der Waals surface area contributed by atoms with Crippen molar-refractivity contribution < 1.29 is 9.47 Å². The Bertz CT molecular complexity index is 441. The van der Waals surface area contributed by atoms with Gasteiger partial charge in [0.1, 0.15) is 22.6 Å². The van der Waals surface area contributed by atoms with Gasteiger partial charge in [0.2, 0.25) is 0 Å². The van der Waals surface area contributed by atoms with Gasteiger partial charge in [0.25, 0.3) is 0 Å². The zero-order valence-electron chi connectivity index (χ0n) is 12.8. The molecular weight excluding hydrogens is 307 g/mol. The molecule has 0 aliphatic carbocycles. The predicted molar refractivity (Wildman–Crippen MR) is 90.6 cm³/mol. The van der Waals surface area contributed by atoms with Crippen LogP contribution < -0.4 is 9.47 Å². The van der Waals surface area contributed by atoms with Crippen molar-refractivity contribution in [3.05, 3.63) is 40.8 Å². The molecular formula is C17H23Cl2O2. The van der Waals surface area contributed by atoms with Gasteiger partial charge in [-0.05, 0) is 48.6 Å². The summed E-state index contributed by atoms with van der Waals surface area (Å²) >= 11 is 11.2. The van der Waals surface area contributed by atoms with E-state index in [1.165, 1.54) is 0 Å². The van der Waals surface area contributed by atoms with Crippen LogP contribution in [0.5, 0.6) is 11.5 Å². The summed E-state index contributed by atoms with van der Waals surface area (Å²) in [6.07, 6.45) is 5.27.